The Morgan fingerprint density at radius 3 is 1.69 bits per heavy atom. The first kappa shape index (κ1) is 39.8. The number of aromatic nitrogens is 8. The summed E-state index contributed by atoms with van der Waals surface area (Å²) >= 11 is 0. The van der Waals surface area contributed by atoms with Crippen LogP contribution >= 0.6 is 0 Å². The van der Waals surface area contributed by atoms with E-state index in [-0.39, 0.29) is 22.0 Å². The Hall–Kier alpha value is -3.40. The zero-order valence-corrected chi connectivity index (χ0v) is 34.5. The molecule has 0 aromatic carbocycles. The van der Waals surface area contributed by atoms with Crippen LogP contribution in [0, 0.1) is 0 Å². The van der Waals surface area contributed by atoms with Crippen LogP contribution in [0.1, 0.15) is 80.7 Å². The molecule has 5 N–H and O–H groups in total. The summed E-state index contributed by atoms with van der Waals surface area (Å²) in [7, 11) is -4.30. The fourth-order valence-electron chi connectivity index (χ4n) is 5.79. The van der Waals surface area contributed by atoms with Crippen molar-refractivity contribution in [3.8, 4) is 0 Å². The van der Waals surface area contributed by atoms with E-state index in [1.54, 1.807) is 21.8 Å². The molecule has 4 aromatic heterocycles. The molecule has 0 unspecified atom stereocenters. The van der Waals surface area contributed by atoms with Gasteiger partial charge in [0.2, 0.25) is 0 Å². The van der Waals surface area contributed by atoms with Gasteiger partial charge in [-0.1, -0.05) is 55.4 Å². The quantitative estimate of drug-likeness (QED) is 0.199. The topological polar surface area (TPSA) is 213 Å². The molecule has 2 aliphatic rings. The molecule has 7 atom stereocenters. The van der Waals surface area contributed by atoms with Crippen molar-refractivity contribution in [2.75, 3.05) is 11.5 Å². The van der Waals surface area contributed by atoms with E-state index in [4.69, 9.17) is 29.8 Å². The number of nitrogens with zero attached hydrogens (tertiary/aromatic N) is 8. The van der Waals surface area contributed by atoms with Crippen molar-refractivity contribution in [2.24, 2.45) is 0 Å². The summed E-state index contributed by atoms with van der Waals surface area (Å²) in [6.07, 6.45) is 3.49. The minimum absolute atomic E-state index is 0.0190. The Balaban J connectivity index is 0.000000201. The van der Waals surface area contributed by atoms with Gasteiger partial charge in [0.15, 0.2) is 63.9 Å². The lowest BCUT2D eigenvalue weighted by molar-refractivity contribution is -0.126. The van der Waals surface area contributed by atoms with E-state index in [1.165, 1.54) is 12.7 Å². The van der Waals surface area contributed by atoms with Crippen molar-refractivity contribution in [2.45, 2.75) is 147 Å². The van der Waals surface area contributed by atoms with E-state index in [1.807, 2.05) is 13.8 Å². The normalized spacial score (nSPS) is 25.9. The average molecular weight is 757 g/mol. The number of fused-ring (bicyclic) bond motifs is 2. The Bertz CT molecular complexity index is 1890. The van der Waals surface area contributed by atoms with Gasteiger partial charge in [-0.25, -0.2) is 29.9 Å². The third-order valence-corrected chi connectivity index (χ3v) is 20.0. The Morgan fingerprint density at radius 2 is 1.23 bits per heavy atom. The molecule has 6 heterocycles. The van der Waals surface area contributed by atoms with E-state index in [9.17, 15) is 9.90 Å². The Labute approximate surface area is 307 Å². The molecule has 0 radical (unpaired) electrons. The van der Waals surface area contributed by atoms with Gasteiger partial charge in [-0.2, -0.15) is 0 Å². The second kappa shape index (κ2) is 14.4. The first-order chi connectivity index (χ1) is 24.1. The molecule has 4 aromatic rings. The summed E-state index contributed by atoms with van der Waals surface area (Å²) in [5, 5.41) is 10.9. The van der Waals surface area contributed by atoms with Gasteiger partial charge in [-0.15, -0.1) is 0 Å². The SMILES string of the molecule is CC[C@H]1O[C@@H](n2cnc3c(N)ncnc32)[C@@H](O[Si](C)(C)C(C)(C)C)C1=O.CC[C@H]1O[C@@H](n2cnc3c(N)ncnc32)[C@@H](O[Si](C)(C)C(C)(C)C)[C@H]1O. The van der Waals surface area contributed by atoms with E-state index in [0.717, 1.165) is 0 Å². The van der Waals surface area contributed by atoms with Crippen LogP contribution < -0.4 is 11.5 Å². The number of imidazole rings is 2. The van der Waals surface area contributed by atoms with Gasteiger partial charge in [0.25, 0.3) is 0 Å². The van der Waals surface area contributed by atoms with Gasteiger partial charge in [-0.05, 0) is 49.1 Å². The number of ether oxygens (including phenoxy) is 2. The van der Waals surface area contributed by atoms with Crippen molar-refractivity contribution in [3.63, 3.8) is 0 Å². The molecule has 16 nitrogen and oxygen atoms in total. The largest absolute Gasteiger partial charge is 0.407 e. The van der Waals surface area contributed by atoms with Crippen LogP contribution in [0.3, 0.4) is 0 Å². The highest BCUT2D eigenvalue weighted by atomic mass is 28.4. The maximum Gasteiger partial charge on any atom is 0.193 e. The van der Waals surface area contributed by atoms with Crippen LogP contribution in [0.25, 0.3) is 22.3 Å². The molecule has 286 valence electrons. The lowest BCUT2D eigenvalue weighted by Gasteiger charge is -2.40. The number of rotatable bonds is 8. The van der Waals surface area contributed by atoms with Crippen molar-refractivity contribution in [1.82, 2.24) is 39.0 Å². The van der Waals surface area contributed by atoms with E-state index < -0.39 is 53.5 Å². The number of carbonyl (C=O) groups excluding carboxylic acids is 1. The van der Waals surface area contributed by atoms with Crippen molar-refractivity contribution < 1.29 is 28.2 Å². The number of hydrogen-bond donors (Lipinski definition) is 3. The summed E-state index contributed by atoms with van der Waals surface area (Å²) in [6.45, 7) is 25.5. The molecule has 18 heteroatoms. The maximum atomic E-state index is 12.9. The predicted molar refractivity (Wildman–Crippen MR) is 203 cm³/mol. The van der Waals surface area contributed by atoms with Crippen molar-refractivity contribution in [3.05, 3.63) is 25.3 Å². The zero-order chi connectivity index (χ0) is 38.6. The zero-order valence-electron chi connectivity index (χ0n) is 32.5. The monoisotopic (exact) mass is 756 g/mol. The van der Waals surface area contributed by atoms with Crippen LogP contribution in [0.4, 0.5) is 11.6 Å². The van der Waals surface area contributed by atoms with Gasteiger partial charge in [-0.3, -0.25) is 13.9 Å². The van der Waals surface area contributed by atoms with Gasteiger partial charge in [0, 0.05) is 0 Å². The fourth-order valence-corrected chi connectivity index (χ4v) is 8.30. The fraction of sp³-hybridized carbons (Fsp3) is 0.676. The molecule has 0 aliphatic carbocycles. The molecule has 2 aliphatic heterocycles. The average Bonchev–Trinajstić information content (AvgIpc) is 3.82. The van der Waals surface area contributed by atoms with E-state index in [2.05, 4.69) is 97.6 Å². The molecule has 0 amide bonds. The van der Waals surface area contributed by atoms with Gasteiger partial charge in [0.05, 0.1) is 18.8 Å². The number of ketones is 1. The lowest BCUT2D eigenvalue weighted by Crippen LogP contribution is -2.48. The predicted octanol–water partition coefficient (Wildman–Crippen LogP) is 5.14. The summed E-state index contributed by atoms with van der Waals surface area (Å²) in [6, 6.07) is 0. The van der Waals surface area contributed by atoms with Gasteiger partial charge >= 0.3 is 0 Å². The van der Waals surface area contributed by atoms with E-state index in [0.29, 0.717) is 46.8 Å². The summed E-state index contributed by atoms with van der Waals surface area (Å²) < 4.78 is 28.8. The van der Waals surface area contributed by atoms with Gasteiger partial charge in [0.1, 0.15) is 42.0 Å². The minimum atomic E-state index is -2.18. The third kappa shape index (κ3) is 7.38. The Kier molecular flexibility index (Phi) is 11.1. The number of aliphatic hydroxyl groups excluding tert-OH is 1. The standard InChI is InChI=1S/C17H29N5O3Si.C17H27N5O3Si/c2*1-7-10-12(23)13(25-26(5,6)17(2,3)4)16(24-10)22-9-21-11-14(18)19-8-20-15(11)22/h8-10,12-13,16,23H,7H2,1-6H3,(H2,18,19,20);8-10,13,16H,7H2,1-6H3,(H2,18,19,20)/t10-,12+,13+,16-;10-,13+,16-/m11/s1. The van der Waals surface area contributed by atoms with Crippen LogP contribution in [-0.4, -0.2) is 97.1 Å². The molecule has 0 saturated carbocycles. The molecular weight excluding hydrogens is 701 g/mol. The lowest BCUT2D eigenvalue weighted by atomic mass is 10.1. The Morgan fingerprint density at radius 1 is 0.750 bits per heavy atom. The van der Waals surface area contributed by atoms with Crippen LogP contribution in [-0.2, 0) is 23.1 Å². The maximum absolute atomic E-state index is 12.9. The molecular formula is C34H56N10O6Si2. The first-order valence-corrected chi connectivity index (χ1v) is 23.7. The summed E-state index contributed by atoms with van der Waals surface area (Å²) in [4.78, 5) is 38.1. The highest BCUT2D eigenvalue weighted by molar-refractivity contribution is 6.74. The number of hydrogen-bond acceptors (Lipinski definition) is 14. The first-order valence-electron chi connectivity index (χ1n) is 17.9. The molecule has 2 fully saturated rings. The molecule has 0 bridgehead atoms. The number of aliphatic hydroxyl groups is 1. The highest BCUT2D eigenvalue weighted by Crippen LogP contribution is 2.44. The second-order valence-electron chi connectivity index (χ2n) is 16.6. The minimum Gasteiger partial charge on any atom is -0.407 e. The molecule has 2 saturated heterocycles. The van der Waals surface area contributed by atoms with Crippen LogP contribution in [0.15, 0.2) is 25.3 Å². The smallest absolute Gasteiger partial charge is 0.193 e. The number of nitrogens with two attached hydrogens (primary N) is 2. The number of nitrogen functional groups attached to an aromatic ring is 2. The van der Waals surface area contributed by atoms with Gasteiger partial charge < -0.3 is 34.9 Å². The summed E-state index contributed by atoms with van der Waals surface area (Å²) in [5.74, 6) is 0.597. The number of carbonyl (C=O) groups is 1. The molecule has 52 heavy (non-hydrogen) atoms. The molecule has 0 spiro atoms. The summed E-state index contributed by atoms with van der Waals surface area (Å²) in [5.41, 5.74) is 13.9. The number of Topliss-reactive ketones (excluding diaryl/α,β-unsaturated/α-hetero) is 1. The molecule has 6 rings (SSSR count). The third-order valence-electron chi connectivity index (χ3n) is 11.0. The van der Waals surface area contributed by atoms with Crippen LogP contribution in [0.5, 0.6) is 0 Å². The van der Waals surface area contributed by atoms with Crippen LogP contribution in [0.2, 0.25) is 36.3 Å². The second-order valence-corrected chi connectivity index (χ2v) is 26.1. The number of anilines is 2. The van der Waals surface area contributed by atoms with E-state index >= 15 is 0 Å². The van der Waals surface area contributed by atoms with Crippen molar-refractivity contribution in [1.29, 1.82) is 0 Å². The highest BCUT2D eigenvalue weighted by Gasteiger charge is 2.51. The van der Waals surface area contributed by atoms with Crippen molar-refractivity contribution >= 4 is 56.4 Å².